The Balaban J connectivity index is 1.61. The molecule has 3 unspecified atom stereocenters. The highest BCUT2D eigenvalue weighted by Crippen LogP contribution is 2.40. The van der Waals surface area contributed by atoms with E-state index in [1.807, 2.05) is 48.5 Å². The van der Waals surface area contributed by atoms with E-state index in [-0.39, 0.29) is 24.0 Å². The van der Waals surface area contributed by atoms with E-state index < -0.39 is 0 Å². The molecular formula is C20H22N2O2. The summed E-state index contributed by atoms with van der Waals surface area (Å²) >= 11 is 0. The largest absolute Gasteiger partial charge is 0.362 e. The van der Waals surface area contributed by atoms with Crippen LogP contribution in [0, 0.1) is 5.92 Å². The molecule has 2 aliphatic rings. The summed E-state index contributed by atoms with van der Waals surface area (Å²) < 4.78 is 6.05. The second-order valence-corrected chi connectivity index (χ2v) is 6.51. The first-order valence-corrected chi connectivity index (χ1v) is 8.59. The number of nitrogens with zero attached hydrogens (tertiary/aromatic N) is 1. The van der Waals surface area contributed by atoms with Gasteiger partial charge < -0.3 is 10.1 Å². The quantitative estimate of drug-likeness (QED) is 0.944. The van der Waals surface area contributed by atoms with Crippen molar-refractivity contribution in [3.63, 3.8) is 0 Å². The zero-order valence-corrected chi connectivity index (χ0v) is 13.6. The lowest BCUT2D eigenvalue weighted by Crippen LogP contribution is -2.40. The minimum Gasteiger partial charge on any atom is -0.362 e. The van der Waals surface area contributed by atoms with E-state index >= 15 is 0 Å². The summed E-state index contributed by atoms with van der Waals surface area (Å²) in [4.78, 5) is 15.3. The topological polar surface area (TPSA) is 41.6 Å². The number of anilines is 1. The van der Waals surface area contributed by atoms with Crippen molar-refractivity contribution >= 4 is 11.6 Å². The molecule has 4 rings (SSSR count). The van der Waals surface area contributed by atoms with E-state index in [9.17, 15) is 4.79 Å². The van der Waals surface area contributed by atoms with E-state index in [1.54, 1.807) is 0 Å². The number of para-hydroxylation sites is 1. The molecule has 2 aliphatic heterocycles. The van der Waals surface area contributed by atoms with Crippen LogP contribution < -0.4 is 5.32 Å². The minimum atomic E-state index is -0.101. The summed E-state index contributed by atoms with van der Waals surface area (Å²) in [7, 11) is 0. The number of benzene rings is 2. The van der Waals surface area contributed by atoms with E-state index in [0.717, 1.165) is 31.8 Å². The van der Waals surface area contributed by atoms with E-state index in [2.05, 4.69) is 22.3 Å². The Morgan fingerprint density at radius 2 is 1.75 bits per heavy atom. The number of hydrogen-bond acceptors (Lipinski definition) is 3. The van der Waals surface area contributed by atoms with Crippen LogP contribution in [0.2, 0.25) is 0 Å². The SMILES string of the molecule is O=C(Nc1ccccc1)C1CN2CCCOC2C1c1ccccc1. The predicted molar refractivity (Wildman–Crippen MR) is 93.7 cm³/mol. The van der Waals surface area contributed by atoms with Gasteiger partial charge in [-0.05, 0) is 24.1 Å². The predicted octanol–water partition coefficient (Wildman–Crippen LogP) is 3.09. The summed E-state index contributed by atoms with van der Waals surface area (Å²) in [6.07, 6.45) is 1.04. The number of ether oxygens (including phenoxy) is 1. The average molecular weight is 322 g/mol. The Labute approximate surface area is 142 Å². The lowest BCUT2D eigenvalue weighted by molar-refractivity contribution is -0.120. The van der Waals surface area contributed by atoms with Crippen molar-refractivity contribution in [2.24, 2.45) is 5.92 Å². The van der Waals surface area contributed by atoms with Crippen molar-refractivity contribution < 1.29 is 9.53 Å². The van der Waals surface area contributed by atoms with Gasteiger partial charge >= 0.3 is 0 Å². The number of nitrogens with one attached hydrogen (secondary N) is 1. The van der Waals surface area contributed by atoms with Crippen LogP contribution in [-0.4, -0.2) is 36.7 Å². The lowest BCUT2D eigenvalue weighted by atomic mass is 9.87. The summed E-state index contributed by atoms with van der Waals surface area (Å²) in [6, 6.07) is 20.0. The molecule has 2 aromatic carbocycles. The van der Waals surface area contributed by atoms with E-state index in [4.69, 9.17) is 4.74 Å². The van der Waals surface area contributed by atoms with Crippen LogP contribution in [0.25, 0.3) is 0 Å². The van der Waals surface area contributed by atoms with Gasteiger partial charge in [-0.3, -0.25) is 9.69 Å². The molecule has 4 heteroatoms. The standard InChI is InChI=1S/C20H22N2O2/c23-19(21-16-10-5-2-6-11-16)17-14-22-12-7-13-24-20(22)18(17)15-8-3-1-4-9-15/h1-6,8-11,17-18,20H,7,12-14H2,(H,21,23). The fourth-order valence-corrected chi connectivity index (χ4v) is 3.87. The first kappa shape index (κ1) is 15.4. The van der Waals surface area contributed by atoms with Crippen molar-refractivity contribution in [3.8, 4) is 0 Å². The molecule has 2 fully saturated rings. The van der Waals surface area contributed by atoms with E-state index in [0.29, 0.717) is 0 Å². The molecule has 1 N–H and O–H groups in total. The van der Waals surface area contributed by atoms with Gasteiger partial charge in [-0.15, -0.1) is 0 Å². The van der Waals surface area contributed by atoms with Gasteiger partial charge in [0.05, 0.1) is 5.92 Å². The monoisotopic (exact) mass is 322 g/mol. The second kappa shape index (κ2) is 6.75. The summed E-state index contributed by atoms with van der Waals surface area (Å²) in [6.45, 7) is 2.53. The first-order chi connectivity index (χ1) is 11.8. The Morgan fingerprint density at radius 3 is 2.50 bits per heavy atom. The van der Waals surface area contributed by atoms with Crippen molar-refractivity contribution in [1.82, 2.24) is 4.90 Å². The van der Waals surface area contributed by atoms with Gasteiger partial charge in [0.15, 0.2) is 0 Å². The van der Waals surface area contributed by atoms with Crippen molar-refractivity contribution in [2.75, 3.05) is 25.0 Å². The van der Waals surface area contributed by atoms with Crippen molar-refractivity contribution in [1.29, 1.82) is 0 Å². The maximum Gasteiger partial charge on any atom is 0.229 e. The molecule has 0 aromatic heterocycles. The van der Waals surface area contributed by atoms with Gasteiger partial charge in [-0.25, -0.2) is 0 Å². The first-order valence-electron chi connectivity index (χ1n) is 8.59. The number of carbonyl (C=O) groups excluding carboxylic acids is 1. The zero-order valence-electron chi connectivity index (χ0n) is 13.6. The third-order valence-corrected chi connectivity index (χ3v) is 4.97. The van der Waals surface area contributed by atoms with Crippen molar-refractivity contribution in [2.45, 2.75) is 18.6 Å². The molecule has 4 nitrogen and oxygen atoms in total. The Bertz CT molecular complexity index is 689. The van der Waals surface area contributed by atoms with Gasteiger partial charge in [0.2, 0.25) is 5.91 Å². The smallest absolute Gasteiger partial charge is 0.229 e. The molecule has 1 amide bonds. The van der Waals surface area contributed by atoms with Crippen LogP contribution in [0.1, 0.15) is 17.9 Å². The van der Waals surface area contributed by atoms with Gasteiger partial charge in [-0.1, -0.05) is 48.5 Å². The third-order valence-electron chi connectivity index (χ3n) is 4.97. The molecule has 124 valence electrons. The fraction of sp³-hybridized carbons (Fsp3) is 0.350. The zero-order chi connectivity index (χ0) is 16.4. The van der Waals surface area contributed by atoms with Gasteiger partial charge in [0.25, 0.3) is 0 Å². The highest BCUT2D eigenvalue weighted by Gasteiger charge is 2.47. The number of fused-ring (bicyclic) bond motifs is 1. The van der Waals surface area contributed by atoms with Crippen LogP contribution in [-0.2, 0) is 9.53 Å². The maximum atomic E-state index is 12.9. The van der Waals surface area contributed by atoms with Gasteiger partial charge in [-0.2, -0.15) is 0 Å². The molecule has 0 radical (unpaired) electrons. The molecule has 24 heavy (non-hydrogen) atoms. The second-order valence-electron chi connectivity index (χ2n) is 6.51. The summed E-state index contributed by atoms with van der Waals surface area (Å²) in [5, 5.41) is 3.07. The van der Waals surface area contributed by atoms with Crippen LogP contribution in [0.5, 0.6) is 0 Å². The van der Waals surface area contributed by atoms with Crippen LogP contribution >= 0.6 is 0 Å². The van der Waals surface area contributed by atoms with Gasteiger partial charge in [0, 0.05) is 31.3 Å². The molecular weight excluding hydrogens is 300 g/mol. The number of rotatable bonds is 3. The molecule has 2 saturated heterocycles. The summed E-state index contributed by atoms with van der Waals surface area (Å²) in [5.41, 5.74) is 2.03. The van der Waals surface area contributed by atoms with E-state index in [1.165, 1.54) is 5.56 Å². The molecule has 3 atom stereocenters. The Kier molecular flexibility index (Phi) is 4.32. The van der Waals surface area contributed by atoms with Crippen LogP contribution in [0.3, 0.4) is 0 Å². The minimum absolute atomic E-state index is 0.00710. The molecule has 0 saturated carbocycles. The van der Waals surface area contributed by atoms with Gasteiger partial charge in [0.1, 0.15) is 6.23 Å². The molecule has 0 spiro atoms. The number of amides is 1. The molecule has 0 bridgehead atoms. The van der Waals surface area contributed by atoms with Crippen molar-refractivity contribution in [3.05, 3.63) is 66.2 Å². The number of hydrogen-bond donors (Lipinski definition) is 1. The average Bonchev–Trinajstić information content (AvgIpc) is 3.03. The maximum absolute atomic E-state index is 12.9. The number of carbonyl (C=O) groups is 1. The fourth-order valence-electron chi connectivity index (χ4n) is 3.87. The highest BCUT2D eigenvalue weighted by atomic mass is 16.5. The summed E-state index contributed by atoms with van der Waals surface area (Å²) in [5.74, 6) is 0.0546. The third kappa shape index (κ3) is 2.95. The van der Waals surface area contributed by atoms with Crippen LogP contribution in [0.4, 0.5) is 5.69 Å². The highest BCUT2D eigenvalue weighted by molar-refractivity contribution is 5.93. The molecule has 0 aliphatic carbocycles. The Hall–Kier alpha value is -2.17. The molecule has 2 heterocycles. The Morgan fingerprint density at radius 1 is 1.04 bits per heavy atom. The van der Waals surface area contributed by atoms with Crippen LogP contribution in [0.15, 0.2) is 60.7 Å². The normalized spacial score (nSPS) is 26.8. The lowest BCUT2D eigenvalue weighted by Gasteiger charge is -2.32. The molecule has 2 aromatic rings.